The Bertz CT molecular complexity index is 1110. The van der Waals surface area contributed by atoms with E-state index in [1.807, 2.05) is 0 Å². The first-order valence-electron chi connectivity index (χ1n) is 9.38. The van der Waals surface area contributed by atoms with Crippen LogP contribution in [0.4, 0.5) is 11.4 Å². The summed E-state index contributed by atoms with van der Waals surface area (Å²) in [5.74, 6) is -0.918. The molecule has 10 nitrogen and oxygen atoms in total. The second-order valence-electron chi connectivity index (χ2n) is 6.84. The molecule has 11 heteroatoms. The normalized spacial score (nSPS) is 13.7. The van der Waals surface area contributed by atoms with Crippen LogP contribution < -0.4 is 25.4 Å². The van der Waals surface area contributed by atoms with Crippen molar-refractivity contribution in [3.05, 3.63) is 48.0 Å². The monoisotopic (exact) mass is 446 g/mol. The molecule has 1 aliphatic heterocycles. The van der Waals surface area contributed by atoms with Gasteiger partial charge < -0.3 is 20.3 Å². The molecule has 1 saturated heterocycles. The minimum atomic E-state index is -4.05. The van der Waals surface area contributed by atoms with Gasteiger partial charge in [-0.25, -0.2) is 13.6 Å². The molecule has 1 heterocycles. The number of sulfonamides is 1. The number of nitrogens with one attached hydrogen (secondary N) is 2. The Kier molecular flexibility index (Phi) is 6.56. The Morgan fingerprint density at radius 3 is 2.45 bits per heavy atom. The molecule has 0 unspecified atom stereocenters. The van der Waals surface area contributed by atoms with Gasteiger partial charge in [-0.3, -0.25) is 14.4 Å². The molecule has 2 aromatic rings. The summed E-state index contributed by atoms with van der Waals surface area (Å²) in [5.41, 5.74) is 1.25. The van der Waals surface area contributed by atoms with Crippen LogP contribution in [0.25, 0.3) is 0 Å². The molecule has 0 aromatic heterocycles. The van der Waals surface area contributed by atoms with Gasteiger partial charge in [0.1, 0.15) is 10.6 Å². The molecule has 1 fully saturated rings. The summed E-state index contributed by atoms with van der Waals surface area (Å²) in [4.78, 5) is 37.6. The molecule has 164 valence electrons. The maximum absolute atomic E-state index is 12.3. The highest BCUT2D eigenvalue weighted by atomic mass is 32.2. The third-order valence-corrected chi connectivity index (χ3v) is 5.61. The molecule has 0 spiro atoms. The van der Waals surface area contributed by atoms with E-state index in [1.54, 1.807) is 29.2 Å². The zero-order chi connectivity index (χ0) is 22.6. The van der Waals surface area contributed by atoms with E-state index < -0.39 is 21.8 Å². The third kappa shape index (κ3) is 5.38. The minimum Gasteiger partial charge on any atom is -0.495 e. The Morgan fingerprint density at radius 1 is 1.16 bits per heavy atom. The fourth-order valence-corrected chi connectivity index (χ4v) is 3.88. The Balaban J connectivity index is 1.58. The van der Waals surface area contributed by atoms with Gasteiger partial charge in [-0.15, -0.1) is 0 Å². The van der Waals surface area contributed by atoms with Crippen LogP contribution in [0.5, 0.6) is 5.75 Å². The zero-order valence-electron chi connectivity index (χ0n) is 16.8. The number of rotatable bonds is 7. The van der Waals surface area contributed by atoms with Crippen LogP contribution in [0, 0.1) is 0 Å². The predicted octanol–water partition coefficient (Wildman–Crippen LogP) is 0.838. The van der Waals surface area contributed by atoms with E-state index in [9.17, 15) is 22.8 Å². The molecular formula is C20H22N4O6S. The van der Waals surface area contributed by atoms with Gasteiger partial charge in [-0.05, 0) is 48.9 Å². The van der Waals surface area contributed by atoms with Crippen LogP contribution in [0.1, 0.15) is 23.2 Å². The standard InChI is InChI=1S/C20H22N4O6S/c1-30-16-9-6-14(11-17(16)31(21,28)29)23-18(25)12-22-20(27)13-4-7-15(8-5-13)24-10-2-3-19(24)26/h4-9,11H,2-3,10,12H2,1H3,(H,22,27)(H,23,25)(H2,21,28,29). The van der Waals surface area contributed by atoms with Gasteiger partial charge in [0, 0.05) is 29.9 Å². The van der Waals surface area contributed by atoms with Crippen molar-refractivity contribution in [1.29, 1.82) is 0 Å². The topological polar surface area (TPSA) is 148 Å². The molecule has 0 aliphatic carbocycles. The summed E-state index contributed by atoms with van der Waals surface area (Å²) in [6.07, 6.45) is 1.33. The lowest BCUT2D eigenvalue weighted by Crippen LogP contribution is -2.33. The molecule has 0 bridgehead atoms. The van der Waals surface area contributed by atoms with Crippen molar-refractivity contribution in [2.24, 2.45) is 5.14 Å². The average Bonchev–Trinajstić information content (AvgIpc) is 3.17. The van der Waals surface area contributed by atoms with Gasteiger partial charge >= 0.3 is 0 Å². The van der Waals surface area contributed by atoms with Crippen molar-refractivity contribution in [3.63, 3.8) is 0 Å². The van der Waals surface area contributed by atoms with E-state index in [0.29, 0.717) is 18.5 Å². The zero-order valence-corrected chi connectivity index (χ0v) is 17.6. The molecule has 1 aliphatic rings. The van der Waals surface area contributed by atoms with Gasteiger partial charge in [0.15, 0.2) is 0 Å². The Morgan fingerprint density at radius 2 is 1.87 bits per heavy atom. The van der Waals surface area contributed by atoms with Crippen molar-refractivity contribution in [2.75, 3.05) is 30.4 Å². The van der Waals surface area contributed by atoms with Crippen molar-refractivity contribution in [3.8, 4) is 5.75 Å². The van der Waals surface area contributed by atoms with Crippen LogP contribution in [-0.2, 0) is 19.6 Å². The quantitative estimate of drug-likeness (QED) is 0.574. The number of amides is 3. The highest BCUT2D eigenvalue weighted by molar-refractivity contribution is 7.89. The summed E-state index contributed by atoms with van der Waals surface area (Å²) < 4.78 is 28.3. The highest BCUT2D eigenvalue weighted by Crippen LogP contribution is 2.26. The lowest BCUT2D eigenvalue weighted by atomic mass is 10.2. The van der Waals surface area contributed by atoms with Crippen molar-refractivity contribution in [2.45, 2.75) is 17.7 Å². The maximum atomic E-state index is 12.3. The summed E-state index contributed by atoms with van der Waals surface area (Å²) in [6.45, 7) is 0.324. The van der Waals surface area contributed by atoms with Crippen molar-refractivity contribution in [1.82, 2.24) is 5.32 Å². The molecule has 0 saturated carbocycles. The van der Waals surface area contributed by atoms with Gasteiger partial charge in [-0.1, -0.05) is 0 Å². The first-order valence-corrected chi connectivity index (χ1v) is 10.9. The van der Waals surface area contributed by atoms with Crippen molar-refractivity contribution >= 4 is 39.1 Å². The third-order valence-electron chi connectivity index (χ3n) is 4.68. The van der Waals surface area contributed by atoms with Gasteiger partial charge in [-0.2, -0.15) is 0 Å². The number of methoxy groups -OCH3 is 1. The van der Waals surface area contributed by atoms with Crippen LogP contribution in [-0.4, -0.2) is 46.3 Å². The summed E-state index contributed by atoms with van der Waals surface area (Å²) >= 11 is 0. The van der Waals surface area contributed by atoms with E-state index in [2.05, 4.69) is 10.6 Å². The van der Waals surface area contributed by atoms with Crippen LogP contribution in [0.3, 0.4) is 0 Å². The largest absolute Gasteiger partial charge is 0.495 e. The molecule has 3 amide bonds. The van der Waals surface area contributed by atoms with Crippen molar-refractivity contribution < 1.29 is 27.5 Å². The smallest absolute Gasteiger partial charge is 0.251 e. The lowest BCUT2D eigenvalue weighted by Gasteiger charge is -2.15. The van der Waals surface area contributed by atoms with Gasteiger partial charge in [0.2, 0.25) is 21.8 Å². The molecule has 2 aromatic carbocycles. The number of primary sulfonamides is 1. The molecule has 3 rings (SSSR count). The van der Waals surface area contributed by atoms with Crippen LogP contribution >= 0.6 is 0 Å². The van der Waals surface area contributed by atoms with Gasteiger partial charge in [0.05, 0.1) is 13.7 Å². The number of nitrogens with zero attached hydrogens (tertiary/aromatic N) is 1. The van der Waals surface area contributed by atoms with Gasteiger partial charge in [0.25, 0.3) is 5.91 Å². The molecule has 0 atom stereocenters. The molecule has 0 radical (unpaired) electrons. The number of carbonyl (C=O) groups is 3. The van der Waals surface area contributed by atoms with E-state index >= 15 is 0 Å². The lowest BCUT2D eigenvalue weighted by molar-refractivity contribution is -0.117. The second-order valence-corrected chi connectivity index (χ2v) is 8.37. The van der Waals surface area contributed by atoms with Crippen LogP contribution in [0.2, 0.25) is 0 Å². The number of anilines is 2. The summed E-state index contributed by atoms with van der Waals surface area (Å²) in [6, 6.07) is 10.5. The molecule has 4 N–H and O–H groups in total. The highest BCUT2D eigenvalue weighted by Gasteiger charge is 2.22. The molecular weight excluding hydrogens is 424 g/mol. The minimum absolute atomic E-state index is 0.0490. The average molecular weight is 446 g/mol. The number of benzene rings is 2. The first kappa shape index (κ1) is 22.2. The van der Waals surface area contributed by atoms with E-state index in [1.165, 1.54) is 25.3 Å². The van der Waals surface area contributed by atoms with Crippen LogP contribution in [0.15, 0.2) is 47.4 Å². The van der Waals surface area contributed by atoms with E-state index in [4.69, 9.17) is 9.88 Å². The fraction of sp³-hybridized carbons (Fsp3) is 0.250. The Hall–Kier alpha value is -3.44. The second kappa shape index (κ2) is 9.14. The first-order chi connectivity index (χ1) is 14.7. The summed E-state index contributed by atoms with van der Waals surface area (Å²) in [7, 11) is -2.75. The maximum Gasteiger partial charge on any atom is 0.251 e. The number of nitrogens with two attached hydrogens (primary N) is 1. The van der Waals surface area contributed by atoms with E-state index in [-0.39, 0.29) is 28.8 Å². The Labute approximate surface area is 179 Å². The SMILES string of the molecule is COc1ccc(NC(=O)CNC(=O)c2ccc(N3CCCC3=O)cc2)cc1S(N)(=O)=O. The molecule has 31 heavy (non-hydrogen) atoms. The number of carbonyl (C=O) groups excluding carboxylic acids is 3. The number of hydrogen-bond donors (Lipinski definition) is 3. The predicted molar refractivity (Wildman–Crippen MR) is 113 cm³/mol. The summed E-state index contributed by atoms with van der Waals surface area (Å²) in [5, 5.41) is 10.1. The fourth-order valence-electron chi connectivity index (χ4n) is 3.16. The van der Waals surface area contributed by atoms with E-state index in [0.717, 1.165) is 12.1 Å². The number of ether oxygens (including phenoxy) is 1. The number of hydrogen-bond acceptors (Lipinski definition) is 6.